The van der Waals surface area contributed by atoms with Gasteiger partial charge in [-0.2, -0.15) is 10.0 Å². The van der Waals surface area contributed by atoms with Crippen LogP contribution < -0.4 is 0 Å². The van der Waals surface area contributed by atoms with Gasteiger partial charge in [0.1, 0.15) is 0 Å². The molecule has 0 aromatic carbocycles. The van der Waals surface area contributed by atoms with Crippen LogP contribution in [-0.2, 0) is 0 Å². The molecule has 0 saturated carbocycles. The number of hydrogen-bond acceptors (Lipinski definition) is 1. The molecule has 2 heteroatoms. The van der Waals surface area contributed by atoms with Gasteiger partial charge in [-0.25, -0.2) is 0 Å². The van der Waals surface area contributed by atoms with Crippen molar-refractivity contribution in [3.8, 4) is 0 Å². The SMILES string of the molecule is C1=NCS12CC2C1=C/C=C\C=C/C=C\C=C/C=C\1. The van der Waals surface area contributed by atoms with Crippen molar-refractivity contribution in [3.63, 3.8) is 0 Å². The van der Waals surface area contributed by atoms with E-state index < -0.39 is 10.0 Å². The maximum atomic E-state index is 4.29. The van der Waals surface area contributed by atoms with Crippen LogP contribution in [0.3, 0.4) is 0 Å². The first-order valence-electron chi connectivity index (χ1n) is 6.23. The van der Waals surface area contributed by atoms with Gasteiger partial charge >= 0.3 is 0 Å². The van der Waals surface area contributed by atoms with E-state index in [-0.39, 0.29) is 0 Å². The summed E-state index contributed by atoms with van der Waals surface area (Å²) in [5.41, 5.74) is 3.68. The molecule has 3 rings (SSSR count). The first kappa shape index (κ1) is 11.5. The van der Waals surface area contributed by atoms with E-state index in [0.717, 1.165) is 11.1 Å². The zero-order chi connectivity index (χ0) is 12.3. The number of allylic oxidation sites excluding steroid dienone is 11. The third-order valence-corrected chi connectivity index (χ3v) is 6.65. The van der Waals surface area contributed by atoms with E-state index in [0.29, 0.717) is 0 Å². The molecule has 0 aromatic rings. The lowest BCUT2D eigenvalue weighted by Crippen LogP contribution is -2.03. The molecule has 2 heterocycles. The quantitative estimate of drug-likeness (QED) is 0.630. The molecule has 2 aliphatic heterocycles. The lowest BCUT2D eigenvalue weighted by molar-refractivity contribution is 1.29. The van der Waals surface area contributed by atoms with Crippen LogP contribution in [0, 0.1) is 0 Å². The molecule has 2 unspecified atom stereocenters. The minimum Gasteiger partial charge on any atom is -0.278 e. The van der Waals surface area contributed by atoms with Gasteiger partial charge < -0.3 is 0 Å². The third-order valence-electron chi connectivity index (χ3n) is 3.35. The Bertz CT molecular complexity index is 531. The normalized spacial score (nSPS) is 48.2. The lowest BCUT2D eigenvalue weighted by atomic mass is 10.1. The maximum Gasteiger partial charge on any atom is 0.0748 e. The van der Waals surface area contributed by atoms with E-state index in [9.17, 15) is 0 Å². The second-order valence-corrected chi connectivity index (χ2v) is 8.03. The van der Waals surface area contributed by atoms with E-state index in [1.54, 1.807) is 0 Å². The van der Waals surface area contributed by atoms with E-state index in [1.807, 2.05) is 18.2 Å². The van der Waals surface area contributed by atoms with Gasteiger partial charge in [-0.15, -0.1) is 0 Å². The molecule has 1 spiro atoms. The second-order valence-electron chi connectivity index (χ2n) is 4.64. The highest BCUT2D eigenvalue weighted by Gasteiger charge is 2.52. The summed E-state index contributed by atoms with van der Waals surface area (Å²) in [7, 11) is -0.439. The largest absolute Gasteiger partial charge is 0.278 e. The highest BCUT2D eigenvalue weighted by atomic mass is 32.3. The topological polar surface area (TPSA) is 12.4 Å². The van der Waals surface area contributed by atoms with Crippen molar-refractivity contribution >= 4 is 15.6 Å². The standard InChI is InChI=1S/C16H17NS/c1-2-4-6-8-10-15(11-9-7-5-3-1)16-12-18(16)13-17-14-18/h1-11,13,16H,12,14H2/b2-1-,3-1?,4-2?,5-3-,6-4-,7-5?,8-6?,9-7-,10-8-,11-9?,15-10?,15-11+. The highest BCUT2D eigenvalue weighted by Crippen LogP contribution is 2.72. The lowest BCUT2D eigenvalue weighted by Gasteiger charge is -2.22. The molecular formula is C16H17NS. The summed E-state index contributed by atoms with van der Waals surface area (Å²) in [5, 5.41) is 0.756. The fourth-order valence-electron chi connectivity index (χ4n) is 2.19. The molecule has 3 aliphatic rings. The van der Waals surface area contributed by atoms with Gasteiger partial charge in [-0.3, -0.25) is 4.99 Å². The number of rotatable bonds is 1. The van der Waals surface area contributed by atoms with Crippen molar-refractivity contribution in [2.75, 3.05) is 11.6 Å². The molecule has 0 aromatic heterocycles. The van der Waals surface area contributed by atoms with Crippen LogP contribution in [0.5, 0.6) is 0 Å². The van der Waals surface area contributed by atoms with Gasteiger partial charge in [0, 0.05) is 10.8 Å². The minimum atomic E-state index is -0.439. The molecule has 18 heavy (non-hydrogen) atoms. The highest BCUT2D eigenvalue weighted by molar-refractivity contribution is 8.51. The van der Waals surface area contributed by atoms with E-state index in [4.69, 9.17) is 0 Å². The minimum absolute atomic E-state index is 0.439. The summed E-state index contributed by atoms with van der Waals surface area (Å²) in [5.74, 6) is 2.45. The smallest absolute Gasteiger partial charge is 0.0748 e. The zero-order valence-corrected chi connectivity index (χ0v) is 11.1. The Kier molecular flexibility index (Phi) is 3.20. The summed E-state index contributed by atoms with van der Waals surface area (Å²) in [6, 6.07) is 0. The van der Waals surface area contributed by atoms with Crippen molar-refractivity contribution in [2.45, 2.75) is 5.25 Å². The van der Waals surface area contributed by atoms with Crippen LogP contribution in [0.2, 0.25) is 0 Å². The Labute approximate surface area is 110 Å². The Morgan fingerprint density at radius 3 is 2.06 bits per heavy atom. The summed E-state index contributed by atoms with van der Waals surface area (Å²) >= 11 is 0. The number of aliphatic imine (C=N–C) groups is 1. The zero-order valence-electron chi connectivity index (χ0n) is 10.3. The summed E-state index contributed by atoms with van der Waals surface area (Å²) in [6.45, 7) is 0. The fraction of sp³-hybridized carbons (Fsp3) is 0.188. The summed E-state index contributed by atoms with van der Waals surface area (Å²) < 4.78 is 0. The molecule has 92 valence electrons. The van der Waals surface area contributed by atoms with Crippen molar-refractivity contribution in [3.05, 3.63) is 72.4 Å². The van der Waals surface area contributed by atoms with Gasteiger partial charge in [-0.1, -0.05) is 66.8 Å². The molecule has 1 fully saturated rings. The number of nitrogens with zero attached hydrogens (tertiary/aromatic N) is 1. The van der Waals surface area contributed by atoms with Crippen LogP contribution in [0.25, 0.3) is 0 Å². The van der Waals surface area contributed by atoms with Gasteiger partial charge in [0.05, 0.1) is 5.88 Å². The van der Waals surface area contributed by atoms with Gasteiger partial charge in [0.15, 0.2) is 0 Å². The second kappa shape index (κ2) is 4.99. The molecule has 2 atom stereocenters. The van der Waals surface area contributed by atoms with Gasteiger partial charge in [0.25, 0.3) is 0 Å². The molecule has 0 N–H and O–H groups in total. The molecule has 0 bridgehead atoms. The number of hydrogen-bond donors (Lipinski definition) is 0. The molecular weight excluding hydrogens is 238 g/mol. The van der Waals surface area contributed by atoms with Crippen LogP contribution in [0.4, 0.5) is 0 Å². The van der Waals surface area contributed by atoms with Crippen molar-refractivity contribution in [1.82, 2.24) is 0 Å². The van der Waals surface area contributed by atoms with Gasteiger partial charge in [0.2, 0.25) is 0 Å². The van der Waals surface area contributed by atoms with Crippen molar-refractivity contribution < 1.29 is 0 Å². The first-order valence-corrected chi connectivity index (χ1v) is 8.33. The molecule has 1 nitrogen and oxygen atoms in total. The Morgan fingerprint density at radius 2 is 1.50 bits per heavy atom. The molecule has 0 amide bonds. The Balaban J connectivity index is 1.80. The first-order chi connectivity index (χ1) is 8.91. The summed E-state index contributed by atoms with van der Waals surface area (Å²) in [6.07, 6.45) is 23.2. The maximum absolute atomic E-state index is 4.29. The monoisotopic (exact) mass is 255 g/mol. The Morgan fingerprint density at radius 1 is 0.889 bits per heavy atom. The molecule has 1 aliphatic carbocycles. The summed E-state index contributed by atoms with van der Waals surface area (Å²) in [4.78, 5) is 4.29. The van der Waals surface area contributed by atoms with Crippen molar-refractivity contribution in [2.24, 2.45) is 4.99 Å². The van der Waals surface area contributed by atoms with E-state index in [2.05, 4.69) is 59.1 Å². The average Bonchev–Trinajstić information content (AvgIpc) is 3.05. The molecule has 0 radical (unpaired) electrons. The van der Waals surface area contributed by atoms with Crippen LogP contribution in [-0.4, -0.2) is 22.4 Å². The average molecular weight is 255 g/mol. The van der Waals surface area contributed by atoms with Crippen LogP contribution in [0.1, 0.15) is 0 Å². The van der Waals surface area contributed by atoms with Crippen LogP contribution >= 0.6 is 10.0 Å². The molecule has 1 saturated heterocycles. The fourth-order valence-corrected chi connectivity index (χ4v) is 5.14. The third kappa shape index (κ3) is 2.34. The van der Waals surface area contributed by atoms with Gasteiger partial charge in [-0.05, 0) is 11.3 Å². The Hall–Kier alpha value is -1.54. The van der Waals surface area contributed by atoms with Crippen LogP contribution in [0.15, 0.2) is 77.4 Å². The predicted molar refractivity (Wildman–Crippen MR) is 83.4 cm³/mol. The van der Waals surface area contributed by atoms with Crippen molar-refractivity contribution in [1.29, 1.82) is 0 Å². The van der Waals surface area contributed by atoms with E-state index >= 15 is 0 Å². The van der Waals surface area contributed by atoms with E-state index in [1.165, 1.54) is 11.3 Å². The predicted octanol–water partition coefficient (Wildman–Crippen LogP) is 3.89.